The molecule has 3 aromatic heterocycles. The SMILES string of the molecule is O=C(c1ccco1)N(C(=O)c1ccco1)c1nc2ccccc2nc1N1CCOCC1. The van der Waals surface area contributed by atoms with E-state index in [-0.39, 0.29) is 17.3 Å². The highest BCUT2D eigenvalue weighted by Crippen LogP contribution is 2.31. The molecule has 0 bridgehead atoms. The van der Waals surface area contributed by atoms with Crippen molar-refractivity contribution in [1.82, 2.24) is 9.97 Å². The second-order valence-corrected chi connectivity index (χ2v) is 6.86. The Bertz CT molecular complexity index is 1170. The molecule has 0 N–H and O–H groups in total. The molecule has 4 heterocycles. The van der Waals surface area contributed by atoms with Gasteiger partial charge >= 0.3 is 11.8 Å². The van der Waals surface area contributed by atoms with Crippen molar-refractivity contribution < 1.29 is 23.2 Å². The van der Waals surface area contributed by atoms with Gasteiger partial charge in [0.1, 0.15) is 0 Å². The number of carbonyl (C=O) groups excluding carboxylic acids is 2. The third-order valence-corrected chi connectivity index (χ3v) is 4.93. The van der Waals surface area contributed by atoms with E-state index in [1.165, 1.54) is 24.7 Å². The van der Waals surface area contributed by atoms with E-state index in [1.807, 2.05) is 23.1 Å². The van der Waals surface area contributed by atoms with Crippen LogP contribution in [0.3, 0.4) is 0 Å². The Labute approximate surface area is 176 Å². The van der Waals surface area contributed by atoms with Gasteiger partial charge in [-0.2, -0.15) is 0 Å². The molecule has 4 aromatic rings. The Balaban J connectivity index is 1.71. The van der Waals surface area contributed by atoms with E-state index in [9.17, 15) is 9.59 Å². The number of para-hydroxylation sites is 2. The average Bonchev–Trinajstić information content (AvgIpc) is 3.54. The van der Waals surface area contributed by atoms with Gasteiger partial charge in [-0.15, -0.1) is 0 Å². The predicted octanol–water partition coefficient (Wildman–Crippen LogP) is 3.14. The van der Waals surface area contributed by atoms with Crippen LogP contribution in [0.25, 0.3) is 11.0 Å². The second-order valence-electron chi connectivity index (χ2n) is 6.86. The molecule has 5 rings (SSSR count). The average molecular weight is 418 g/mol. The largest absolute Gasteiger partial charge is 0.459 e. The number of carbonyl (C=O) groups is 2. The maximum absolute atomic E-state index is 13.4. The minimum atomic E-state index is -0.662. The standard InChI is InChI=1S/C22H18N4O5/c27-21(17-7-3-11-30-17)26(22(28)18-8-4-12-31-18)20-19(25-9-13-29-14-10-25)23-15-5-1-2-6-16(15)24-20/h1-8,11-12H,9-10,13-14H2. The molecule has 2 amide bonds. The summed E-state index contributed by atoms with van der Waals surface area (Å²) in [6.45, 7) is 2.12. The van der Waals surface area contributed by atoms with Crippen molar-refractivity contribution >= 4 is 34.5 Å². The Morgan fingerprint density at radius 2 is 1.39 bits per heavy atom. The summed E-state index contributed by atoms with van der Waals surface area (Å²) in [5.41, 5.74) is 1.21. The van der Waals surface area contributed by atoms with Crippen molar-refractivity contribution in [1.29, 1.82) is 0 Å². The minimum absolute atomic E-state index is 0.00259. The number of morpholine rings is 1. The summed E-state index contributed by atoms with van der Waals surface area (Å²) in [6.07, 6.45) is 2.75. The Kier molecular flexibility index (Phi) is 4.93. The molecule has 0 unspecified atom stereocenters. The van der Waals surface area contributed by atoms with E-state index in [1.54, 1.807) is 18.2 Å². The third kappa shape index (κ3) is 3.55. The number of hydrogen-bond acceptors (Lipinski definition) is 8. The van der Waals surface area contributed by atoms with Crippen molar-refractivity contribution in [2.75, 3.05) is 36.1 Å². The molecule has 1 aliphatic rings. The van der Waals surface area contributed by atoms with Crippen LogP contribution in [0.15, 0.2) is 69.9 Å². The molecule has 1 aromatic carbocycles. The quantitative estimate of drug-likeness (QED) is 0.466. The maximum Gasteiger partial charge on any atom is 0.302 e. The first-order chi connectivity index (χ1) is 15.2. The molecular formula is C22H18N4O5. The Hall–Kier alpha value is -3.98. The second kappa shape index (κ2) is 8.04. The van der Waals surface area contributed by atoms with E-state index in [0.717, 1.165) is 4.90 Å². The van der Waals surface area contributed by atoms with E-state index < -0.39 is 11.8 Å². The molecule has 9 nitrogen and oxygen atoms in total. The predicted molar refractivity (Wildman–Crippen MR) is 111 cm³/mol. The molecule has 0 aliphatic carbocycles. The van der Waals surface area contributed by atoms with Crippen LogP contribution in [-0.4, -0.2) is 48.1 Å². The number of nitrogens with zero attached hydrogens (tertiary/aromatic N) is 4. The van der Waals surface area contributed by atoms with Crippen LogP contribution in [-0.2, 0) is 4.74 Å². The summed E-state index contributed by atoms with van der Waals surface area (Å²) in [7, 11) is 0. The lowest BCUT2D eigenvalue weighted by Crippen LogP contribution is -2.42. The van der Waals surface area contributed by atoms with Gasteiger partial charge in [-0.1, -0.05) is 12.1 Å². The first-order valence-corrected chi connectivity index (χ1v) is 9.77. The lowest BCUT2D eigenvalue weighted by Gasteiger charge is -2.31. The lowest BCUT2D eigenvalue weighted by molar-refractivity contribution is 0.0865. The fraction of sp³-hybridized carbons (Fsp3) is 0.182. The summed E-state index contributed by atoms with van der Waals surface area (Å²) >= 11 is 0. The Morgan fingerprint density at radius 3 is 1.94 bits per heavy atom. The van der Waals surface area contributed by atoms with Gasteiger partial charge in [0.05, 0.1) is 36.8 Å². The Morgan fingerprint density at radius 1 is 0.806 bits per heavy atom. The summed E-state index contributed by atoms with van der Waals surface area (Å²) < 4.78 is 16.0. The molecule has 0 saturated carbocycles. The number of benzene rings is 1. The fourth-order valence-electron chi connectivity index (χ4n) is 3.42. The van der Waals surface area contributed by atoms with Gasteiger partial charge in [0, 0.05) is 13.1 Å². The number of ether oxygens (including phenoxy) is 1. The molecule has 0 spiro atoms. The smallest absolute Gasteiger partial charge is 0.302 e. The number of hydrogen-bond donors (Lipinski definition) is 0. The highest BCUT2D eigenvalue weighted by atomic mass is 16.5. The van der Waals surface area contributed by atoms with Crippen LogP contribution in [0.1, 0.15) is 21.1 Å². The normalized spacial score (nSPS) is 14.0. The van der Waals surface area contributed by atoms with Gasteiger partial charge in [0.2, 0.25) is 0 Å². The molecular weight excluding hydrogens is 400 g/mol. The third-order valence-electron chi connectivity index (χ3n) is 4.93. The topological polar surface area (TPSA) is 102 Å². The van der Waals surface area contributed by atoms with Gasteiger partial charge in [-0.05, 0) is 36.4 Å². The summed E-state index contributed by atoms with van der Waals surface area (Å²) in [5.74, 6) is -0.785. The number of rotatable bonds is 4. The highest BCUT2D eigenvalue weighted by molar-refractivity contribution is 6.25. The number of fused-ring (bicyclic) bond motifs is 1. The van der Waals surface area contributed by atoms with Crippen molar-refractivity contribution in [2.24, 2.45) is 0 Å². The van der Waals surface area contributed by atoms with Gasteiger partial charge in [-0.25, -0.2) is 14.9 Å². The van der Waals surface area contributed by atoms with E-state index >= 15 is 0 Å². The van der Waals surface area contributed by atoms with Crippen LogP contribution in [0.4, 0.5) is 11.6 Å². The van der Waals surface area contributed by atoms with Crippen LogP contribution >= 0.6 is 0 Å². The van der Waals surface area contributed by atoms with E-state index in [2.05, 4.69) is 4.98 Å². The zero-order valence-corrected chi connectivity index (χ0v) is 16.4. The van der Waals surface area contributed by atoms with Gasteiger partial charge in [-0.3, -0.25) is 9.59 Å². The number of furan rings is 2. The highest BCUT2D eigenvalue weighted by Gasteiger charge is 2.34. The molecule has 9 heteroatoms. The van der Waals surface area contributed by atoms with Crippen LogP contribution < -0.4 is 9.80 Å². The van der Waals surface area contributed by atoms with Crippen molar-refractivity contribution in [2.45, 2.75) is 0 Å². The molecule has 1 fully saturated rings. The molecule has 0 radical (unpaired) electrons. The number of imide groups is 1. The number of anilines is 2. The van der Waals surface area contributed by atoms with Gasteiger partial charge in [0.25, 0.3) is 0 Å². The monoisotopic (exact) mass is 418 g/mol. The molecule has 31 heavy (non-hydrogen) atoms. The summed E-state index contributed by atoms with van der Waals surface area (Å²) in [4.78, 5) is 39.1. The minimum Gasteiger partial charge on any atom is -0.459 e. The maximum atomic E-state index is 13.4. The summed E-state index contributed by atoms with van der Waals surface area (Å²) in [5, 5.41) is 0. The van der Waals surface area contributed by atoms with Crippen molar-refractivity contribution in [3.8, 4) is 0 Å². The fourth-order valence-corrected chi connectivity index (χ4v) is 3.42. The molecule has 1 aliphatic heterocycles. The van der Waals surface area contributed by atoms with E-state index in [0.29, 0.717) is 43.2 Å². The number of amides is 2. The lowest BCUT2D eigenvalue weighted by atomic mass is 10.2. The van der Waals surface area contributed by atoms with Crippen molar-refractivity contribution in [3.05, 3.63) is 72.6 Å². The van der Waals surface area contributed by atoms with Crippen LogP contribution in [0.2, 0.25) is 0 Å². The first-order valence-electron chi connectivity index (χ1n) is 9.77. The summed E-state index contributed by atoms with van der Waals surface area (Å²) in [6, 6.07) is 13.4. The molecule has 156 valence electrons. The van der Waals surface area contributed by atoms with Crippen LogP contribution in [0.5, 0.6) is 0 Å². The zero-order chi connectivity index (χ0) is 21.2. The van der Waals surface area contributed by atoms with Crippen LogP contribution in [0, 0.1) is 0 Å². The molecule has 1 saturated heterocycles. The van der Waals surface area contributed by atoms with Gasteiger partial charge in [0.15, 0.2) is 23.2 Å². The zero-order valence-electron chi connectivity index (χ0n) is 16.4. The van der Waals surface area contributed by atoms with Crippen molar-refractivity contribution in [3.63, 3.8) is 0 Å². The van der Waals surface area contributed by atoms with Gasteiger partial charge < -0.3 is 18.5 Å². The first kappa shape index (κ1) is 19.0. The van der Waals surface area contributed by atoms with E-state index in [4.69, 9.17) is 18.6 Å². The molecule has 0 atom stereocenters. The number of aromatic nitrogens is 2.